The summed E-state index contributed by atoms with van der Waals surface area (Å²) in [5, 5.41) is 2.62. The Bertz CT molecular complexity index is 571. The molecule has 1 atom stereocenters. The van der Waals surface area contributed by atoms with Crippen LogP contribution in [0.25, 0.3) is 0 Å². The maximum Gasteiger partial charge on any atom is 0.240 e. The van der Waals surface area contributed by atoms with Crippen LogP contribution in [-0.4, -0.2) is 33.5 Å². The van der Waals surface area contributed by atoms with Gasteiger partial charge in [-0.25, -0.2) is 13.1 Å². The molecule has 0 saturated heterocycles. The molecule has 1 aromatic rings. The quantitative estimate of drug-likeness (QED) is 0.663. The smallest absolute Gasteiger partial charge is 0.240 e. The van der Waals surface area contributed by atoms with Crippen LogP contribution in [0.5, 0.6) is 0 Å². The number of carbonyl (C=O) groups excluding carboxylic acids is 1. The molecule has 0 radical (unpaired) electrons. The van der Waals surface area contributed by atoms with E-state index in [1.54, 1.807) is 18.2 Å². The van der Waals surface area contributed by atoms with Crippen molar-refractivity contribution in [2.45, 2.75) is 31.7 Å². The van der Waals surface area contributed by atoms with Crippen LogP contribution in [-0.2, 0) is 14.8 Å². The zero-order valence-electron chi connectivity index (χ0n) is 13.0. The highest BCUT2D eigenvalue weighted by Crippen LogP contribution is 2.16. The molecule has 0 heterocycles. The molecule has 6 nitrogen and oxygen atoms in total. The molecular weight excluding hydrogens is 326 g/mol. The van der Waals surface area contributed by atoms with Gasteiger partial charge < -0.3 is 11.1 Å². The lowest BCUT2D eigenvalue weighted by Gasteiger charge is -2.25. The van der Waals surface area contributed by atoms with Gasteiger partial charge in [0.2, 0.25) is 15.9 Å². The van der Waals surface area contributed by atoms with Crippen molar-refractivity contribution < 1.29 is 13.2 Å². The average molecular weight is 350 g/mol. The molecule has 0 fully saturated rings. The standard InChI is InChI=1S/C14H23N3O3S.ClH/c1-14(2,3)12(15)13(18)16-9-10-17-21(19,20)11-7-5-4-6-8-11;/h4-8,12,17H,9-10,15H2,1-3H3,(H,16,18);1H/t12-;/m1./s1. The van der Waals surface area contributed by atoms with Gasteiger partial charge in [-0.2, -0.15) is 0 Å². The highest BCUT2D eigenvalue weighted by Gasteiger charge is 2.27. The molecule has 0 bridgehead atoms. The Morgan fingerprint density at radius 1 is 1.18 bits per heavy atom. The number of carbonyl (C=O) groups is 1. The van der Waals surface area contributed by atoms with E-state index < -0.39 is 16.1 Å². The second-order valence-electron chi connectivity index (χ2n) is 5.85. The van der Waals surface area contributed by atoms with E-state index in [9.17, 15) is 13.2 Å². The van der Waals surface area contributed by atoms with E-state index in [1.807, 2.05) is 20.8 Å². The van der Waals surface area contributed by atoms with Gasteiger partial charge in [-0.15, -0.1) is 12.4 Å². The van der Waals surface area contributed by atoms with Crippen LogP contribution in [0.4, 0.5) is 0 Å². The first kappa shape index (κ1) is 20.9. The van der Waals surface area contributed by atoms with Crippen LogP contribution in [0.15, 0.2) is 35.2 Å². The number of benzene rings is 1. The second kappa shape index (κ2) is 8.47. The normalized spacial score (nSPS) is 13.1. The van der Waals surface area contributed by atoms with Gasteiger partial charge in [0.1, 0.15) is 0 Å². The fourth-order valence-corrected chi connectivity index (χ4v) is 2.61. The van der Waals surface area contributed by atoms with Crippen LogP contribution in [0, 0.1) is 5.41 Å². The summed E-state index contributed by atoms with van der Waals surface area (Å²) in [5.41, 5.74) is 5.46. The molecule has 0 unspecified atom stereocenters. The maximum absolute atomic E-state index is 11.9. The molecule has 8 heteroatoms. The predicted molar refractivity (Wildman–Crippen MR) is 89.3 cm³/mol. The minimum atomic E-state index is -3.54. The summed E-state index contributed by atoms with van der Waals surface area (Å²) in [7, 11) is -3.54. The highest BCUT2D eigenvalue weighted by atomic mass is 35.5. The van der Waals surface area contributed by atoms with Gasteiger partial charge in [0.25, 0.3) is 0 Å². The number of hydrogen-bond donors (Lipinski definition) is 3. The molecular formula is C14H24ClN3O3S. The Kier molecular flexibility index (Phi) is 8.03. The van der Waals surface area contributed by atoms with Crippen molar-refractivity contribution in [3.8, 4) is 0 Å². The van der Waals surface area contributed by atoms with E-state index in [0.29, 0.717) is 0 Å². The van der Waals surface area contributed by atoms with Crippen molar-refractivity contribution in [1.29, 1.82) is 0 Å². The fraction of sp³-hybridized carbons (Fsp3) is 0.500. The fourth-order valence-electron chi connectivity index (χ4n) is 1.56. The monoisotopic (exact) mass is 349 g/mol. The van der Waals surface area contributed by atoms with Gasteiger partial charge in [-0.05, 0) is 17.5 Å². The Morgan fingerprint density at radius 2 is 1.73 bits per heavy atom. The van der Waals surface area contributed by atoms with Gasteiger partial charge in [0.05, 0.1) is 10.9 Å². The van der Waals surface area contributed by atoms with Gasteiger partial charge in [0, 0.05) is 13.1 Å². The number of sulfonamides is 1. The molecule has 0 aliphatic carbocycles. The van der Waals surface area contributed by atoms with E-state index >= 15 is 0 Å². The molecule has 0 aromatic heterocycles. The van der Waals surface area contributed by atoms with E-state index in [-0.39, 0.29) is 41.7 Å². The predicted octanol–water partition coefficient (Wildman–Crippen LogP) is 0.876. The molecule has 1 amide bonds. The molecule has 22 heavy (non-hydrogen) atoms. The van der Waals surface area contributed by atoms with Gasteiger partial charge >= 0.3 is 0 Å². The first-order valence-electron chi connectivity index (χ1n) is 6.72. The first-order valence-corrected chi connectivity index (χ1v) is 8.21. The molecule has 1 rings (SSSR count). The van der Waals surface area contributed by atoms with Crippen LogP contribution < -0.4 is 15.8 Å². The molecule has 0 spiro atoms. The van der Waals surface area contributed by atoms with Gasteiger partial charge in [0.15, 0.2) is 0 Å². The van der Waals surface area contributed by atoms with Crippen molar-refractivity contribution in [1.82, 2.24) is 10.0 Å². The number of rotatable bonds is 6. The van der Waals surface area contributed by atoms with E-state index in [1.165, 1.54) is 12.1 Å². The SMILES string of the molecule is CC(C)(C)[C@H](N)C(=O)NCCNS(=O)(=O)c1ccccc1.Cl. The number of nitrogens with one attached hydrogen (secondary N) is 2. The summed E-state index contributed by atoms with van der Waals surface area (Å²) in [6, 6.07) is 7.43. The number of halogens is 1. The molecule has 0 aliphatic heterocycles. The third kappa shape index (κ3) is 6.31. The lowest BCUT2D eigenvalue weighted by atomic mass is 9.87. The Balaban J connectivity index is 0.00000441. The molecule has 0 saturated carbocycles. The number of amides is 1. The van der Waals surface area contributed by atoms with Crippen LogP contribution in [0.3, 0.4) is 0 Å². The summed E-state index contributed by atoms with van der Waals surface area (Å²) in [4.78, 5) is 12.0. The Morgan fingerprint density at radius 3 is 2.23 bits per heavy atom. The lowest BCUT2D eigenvalue weighted by Crippen LogP contribution is -2.49. The van der Waals surface area contributed by atoms with Gasteiger partial charge in [-0.1, -0.05) is 39.0 Å². The summed E-state index contributed by atoms with van der Waals surface area (Å²) in [6.45, 7) is 5.91. The Hall–Kier alpha value is -1.15. The number of hydrogen-bond acceptors (Lipinski definition) is 4. The summed E-state index contributed by atoms with van der Waals surface area (Å²) >= 11 is 0. The first-order chi connectivity index (χ1) is 9.64. The molecule has 126 valence electrons. The zero-order valence-corrected chi connectivity index (χ0v) is 14.6. The van der Waals surface area contributed by atoms with E-state index in [0.717, 1.165) is 0 Å². The minimum absolute atomic E-state index is 0. The summed E-state index contributed by atoms with van der Waals surface area (Å²) in [6.07, 6.45) is 0. The zero-order chi connectivity index (χ0) is 16.1. The molecule has 4 N–H and O–H groups in total. The van der Waals surface area contributed by atoms with E-state index in [4.69, 9.17) is 5.73 Å². The van der Waals surface area contributed by atoms with Gasteiger partial charge in [-0.3, -0.25) is 4.79 Å². The average Bonchev–Trinajstić information content (AvgIpc) is 2.42. The lowest BCUT2D eigenvalue weighted by molar-refractivity contribution is -0.124. The van der Waals surface area contributed by atoms with Crippen LogP contribution in [0.1, 0.15) is 20.8 Å². The Labute approximate surface area is 138 Å². The van der Waals surface area contributed by atoms with Crippen molar-refractivity contribution in [2.24, 2.45) is 11.1 Å². The summed E-state index contributed by atoms with van der Waals surface area (Å²) < 4.78 is 26.3. The van der Waals surface area contributed by atoms with E-state index in [2.05, 4.69) is 10.0 Å². The van der Waals surface area contributed by atoms with Crippen LogP contribution in [0.2, 0.25) is 0 Å². The number of nitrogens with two attached hydrogens (primary N) is 1. The molecule has 1 aromatic carbocycles. The van der Waals surface area contributed by atoms with Crippen molar-refractivity contribution in [3.05, 3.63) is 30.3 Å². The third-order valence-corrected chi connectivity index (χ3v) is 4.46. The van der Waals surface area contributed by atoms with Crippen molar-refractivity contribution >= 4 is 28.3 Å². The van der Waals surface area contributed by atoms with Crippen molar-refractivity contribution in [3.63, 3.8) is 0 Å². The highest BCUT2D eigenvalue weighted by molar-refractivity contribution is 7.89. The second-order valence-corrected chi connectivity index (χ2v) is 7.61. The largest absolute Gasteiger partial charge is 0.353 e. The maximum atomic E-state index is 11.9. The third-order valence-electron chi connectivity index (χ3n) is 2.99. The van der Waals surface area contributed by atoms with Crippen molar-refractivity contribution in [2.75, 3.05) is 13.1 Å². The minimum Gasteiger partial charge on any atom is -0.353 e. The summed E-state index contributed by atoms with van der Waals surface area (Å²) in [5.74, 6) is -0.290. The van der Waals surface area contributed by atoms with Crippen LogP contribution >= 0.6 is 12.4 Å². The topological polar surface area (TPSA) is 101 Å². The molecule has 0 aliphatic rings.